The van der Waals surface area contributed by atoms with Crippen molar-refractivity contribution in [3.8, 4) is 0 Å². The Morgan fingerprint density at radius 1 is 0.814 bits per heavy atom. The molecule has 1 atom stereocenters. The molecule has 4 rings (SSSR count). The first-order valence-electron chi connectivity index (χ1n) is 14.2. The van der Waals surface area contributed by atoms with Gasteiger partial charge >= 0.3 is 0 Å². The summed E-state index contributed by atoms with van der Waals surface area (Å²) in [5, 5.41) is 3.49. The average molecular weight is 618 g/mol. The van der Waals surface area contributed by atoms with Gasteiger partial charge in [-0.05, 0) is 60.9 Å². The maximum absolute atomic E-state index is 14.4. The number of aryl methyl sites for hydroxylation is 1. The van der Waals surface area contributed by atoms with E-state index in [-0.39, 0.29) is 23.8 Å². The molecule has 2 amide bonds. The van der Waals surface area contributed by atoms with Crippen LogP contribution in [0.25, 0.3) is 0 Å². The zero-order chi connectivity index (χ0) is 30.8. The molecule has 0 unspecified atom stereocenters. The number of amides is 2. The lowest BCUT2D eigenvalue weighted by molar-refractivity contribution is -0.140. The van der Waals surface area contributed by atoms with Gasteiger partial charge in [-0.25, -0.2) is 8.42 Å². The normalized spacial score (nSPS) is 11.9. The van der Waals surface area contributed by atoms with E-state index in [0.29, 0.717) is 17.3 Å². The summed E-state index contributed by atoms with van der Waals surface area (Å²) >= 11 is 6.13. The molecule has 4 aromatic rings. The van der Waals surface area contributed by atoms with Crippen molar-refractivity contribution in [2.45, 2.75) is 44.2 Å². The summed E-state index contributed by atoms with van der Waals surface area (Å²) in [5.41, 5.74) is 2.93. The van der Waals surface area contributed by atoms with Crippen LogP contribution in [0.4, 0.5) is 5.69 Å². The van der Waals surface area contributed by atoms with Crippen molar-refractivity contribution >= 4 is 39.1 Å². The zero-order valence-corrected chi connectivity index (χ0v) is 25.9. The van der Waals surface area contributed by atoms with Crippen molar-refractivity contribution in [2.75, 3.05) is 17.4 Å². The van der Waals surface area contributed by atoms with Gasteiger partial charge in [0.25, 0.3) is 10.0 Å². The summed E-state index contributed by atoms with van der Waals surface area (Å²) in [7, 11) is -4.13. The molecule has 0 aromatic heterocycles. The fourth-order valence-electron chi connectivity index (χ4n) is 4.67. The van der Waals surface area contributed by atoms with Crippen LogP contribution >= 0.6 is 11.6 Å². The lowest BCUT2D eigenvalue weighted by Crippen LogP contribution is -2.53. The molecule has 0 radical (unpaired) electrons. The number of anilines is 1. The third-order valence-electron chi connectivity index (χ3n) is 7.02. The van der Waals surface area contributed by atoms with Crippen molar-refractivity contribution in [1.29, 1.82) is 0 Å². The topological polar surface area (TPSA) is 86.8 Å². The maximum atomic E-state index is 14.4. The molecule has 0 spiro atoms. The molecule has 0 aliphatic carbocycles. The number of nitrogens with one attached hydrogen (secondary N) is 1. The van der Waals surface area contributed by atoms with E-state index in [9.17, 15) is 18.0 Å². The van der Waals surface area contributed by atoms with Gasteiger partial charge in [0, 0.05) is 24.5 Å². The van der Waals surface area contributed by atoms with Crippen LogP contribution in [0.3, 0.4) is 0 Å². The molecule has 9 heteroatoms. The number of carbonyl (C=O) groups excluding carboxylic acids is 2. The van der Waals surface area contributed by atoms with Gasteiger partial charge < -0.3 is 10.2 Å². The Hall–Kier alpha value is -4.14. The molecule has 43 heavy (non-hydrogen) atoms. The Kier molecular flexibility index (Phi) is 11.0. The minimum absolute atomic E-state index is 0.0640. The molecule has 0 saturated carbocycles. The molecule has 0 fully saturated rings. The van der Waals surface area contributed by atoms with E-state index in [2.05, 4.69) is 5.32 Å². The van der Waals surface area contributed by atoms with E-state index in [0.717, 1.165) is 27.4 Å². The number of hydrogen-bond acceptors (Lipinski definition) is 4. The number of benzene rings is 4. The standard InChI is InChI=1S/C34H36ClN3O4S/c1-3-22-36-34(40)32(23-27-10-6-4-7-11-27)37(24-28-16-18-29(35)19-17-28)33(39)25-38(30-20-14-26(2)15-21-30)43(41,42)31-12-8-5-9-13-31/h4-21,32H,3,22-25H2,1-2H3,(H,36,40)/t32-/m1/s1. The second-order valence-corrected chi connectivity index (χ2v) is 12.6. The Bertz CT molecular complexity index is 1600. The van der Waals surface area contributed by atoms with Crippen molar-refractivity contribution in [2.24, 2.45) is 0 Å². The molecular weight excluding hydrogens is 582 g/mol. The molecule has 1 N–H and O–H groups in total. The highest BCUT2D eigenvalue weighted by atomic mass is 35.5. The Balaban J connectivity index is 1.78. The van der Waals surface area contributed by atoms with Crippen LogP contribution in [0.1, 0.15) is 30.0 Å². The third kappa shape index (κ3) is 8.46. The highest BCUT2D eigenvalue weighted by Crippen LogP contribution is 2.25. The highest BCUT2D eigenvalue weighted by molar-refractivity contribution is 7.92. The largest absolute Gasteiger partial charge is 0.354 e. The fraction of sp³-hybridized carbons (Fsp3) is 0.235. The quantitative estimate of drug-likeness (QED) is 0.199. The first kappa shape index (κ1) is 31.8. The summed E-state index contributed by atoms with van der Waals surface area (Å²) in [5.74, 6) is -0.816. The van der Waals surface area contributed by atoms with Crippen LogP contribution < -0.4 is 9.62 Å². The van der Waals surface area contributed by atoms with E-state index in [1.54, 1.807) is 66.7 Å². The molecule has 0 aliphatic heterocycles. The predicted octanol–water partition coefficient (Wildman–Crippen LogP) is 6.01. The summed E-state index contributed by atoms with van der Waals surface area (Å²) in [6.07, 6.45) is 0.983. The number of carbonyl (C=O) groups is 2. The predicted molar refractivity (Wildman–Crippen MR) is 171 cm³/mol. The molecule has 7 nitrogen and oxygen atoms in total. The van der Waals surface area contributed by atoms with E-state index >= 15 is 0 Å². The molecule has 0 aliphatic rings. The summed E-state index contributed by atoms with van der Waals surface area (Å²) in [6, 6.07) is 30.6. The Morgan fingerprint density at radius 2 is 1.42 bits per heavy atom. The van der Waals surface area contributed by atoms with E-state index < -0.39 is 28.5 Å². The minimum Gasteiger partial charge on any atom is -0.354 e. The van der Waals surface area contributed by atoms with Crippen LogP contribution in [-0.2, 0) is 32.6 Å². The van der Waals surface area contributed by atoms with E-state index in [1.165, 1.54) is 17.0 Å². The van der Waals surface area contributed by atoms with Gasteiger partial charge in [-0.15, -0.1) is 0 Å². The molecule has 224 valence electrons. The van der Waals surface area contributed by atoms with E-state index in [4.69, 9.17) is 11.6 Å². The van der Waals surface area contributed by atoms with Crippen LogP contribution in [0, 0.1) is 6.92 Å². The smallest absolute Gasteiger partial charge is 0.264 e. The van der Waals surface area contributed by atoms with Crippen molar-refractivity contribution in [3.05, 3.63) is 131 Å². The monoisotopic (exact) mass is 617 g/mol. The number of rotatable bonds is 13. The lowest BCUT2D eigenvalue weighted by atomic mass is 10.0. The van der Waals surface area contributed by atoms with E-state index in [1.807, 2.05) is 44.2 Å². The molecule has 0 bridgehead atoms. The van der Waals surface area contributed by atoms with Crippen molar-refractivity contribution in [1.82, 2.24) is 10.2 Å². The molecule has 4 aromatic carbocycles. The minimum atomic E-state index is -4.13. The van der Waals surface area contributed by atoms with Crippen LogP contribution in [-0.4, -0.2) is 44.3 Å². The number of hydrogen-bond donors (Lipinski definition) is 1. The number of halogens is 1. The molecule has 0 saturated heterocycles. The number of nitrogens with zero attached hydrogens (tertiary/aromatic N) is 2. The van der Waals surface area contributed by atoms with Crippen molar-refractivity contribution in [3.63, 3.8) is 0 Å². The van der Waals surface area contributed by atoms with Crippen LogP contribution in [0.2, 0.25) is 5.02 Å². The fourth-order valence-corrected chi connectivity index (χ4v) is 6.23. The first-order valence-corrected chi connectivity index (χ1v) is 16.0. The van der Waals surface area contributed by atoms with Gasteiger partial charge in [0.1, 0.15) is 12.6 Å². The second-order valence-electron chi connectivity index (χ2n) is 10.3. The summed E-state index contributed by atoms with van der Waals surface area (Å²) < 4.78 is 29.1. The van der Waals surface area contributed by atoms with Crippen LogP contribution in [0.15, 0.2) is 114 Å². The zero-order valence-electron chi connectivity index (χ0n) is 24.3. The number of sulfonamides is 1. The summed E-state index contributed by atoms with van der Waals surface area (Å²) in [4.78, 5) is 29.6. The average Bonchev–Trinajstić information content (AvgIpc) is 3.02. The molecule has 0 heterocycles. The SMILES string of the molecule is CCCNC(=O)[C@@H](Cc1ccccc1)N(Cc1ccc(Cl)cc1)C(=O)CN(c1ccc(C)cc1)S(=O)(=O)c1ccccc1. The summed E-state index contributed by atoms with van der Waals surface area (Å²) in [6.45, 7) is 3.89. The maximum Gasteiger partial charge on any atom is 0.264 e. The van der Waals surface area contributed by atoms with Crippen molar-refractivity contribution < 1.29 is 18.0 Å². The lowest BCUT2D eigenvalue weighted by Gasteiger charge is -2.34. The van der Waals surface area contributed by atoms with Crippen LogP contribution in [0.5, 0.6) is 0 Å². The highest BCUT2D eigenvalue weighted by Gasteiger charge is 2.34. The second kappa shape index (κ2) is 14.8. The van der Waals surface area contributed by atoms with Gasteiger partial charge in [-0.1, -0.05) is 96.9 Å². The van der Waals surface area contributed by atoms with Gasteiger partial charge in [0.05, 0.1) is 10.6 Å². The van der Waals surface area contributed by atoms with Gasteiger partial charge in [-0.3, -0.25) is 13.9 Å². The first-order chi connectivity index (χ1) is 20.7. The van der Waals surface area contributed by atoms with Gasteiger partial charge in [0.2, 0.25) is 11.8 Å². The Morgan fingerprint density at radius 3 is 2.02 bits per heavy atom. The molecular formula is C34H36ClN3O4S. The van der Waals surface area contributed by atoms with Gasteiger partial charge in [0.15, 0.2) is 0 Å². The third-order valence-corrected chi connectivity index (χ3v) is 9.06. The van der Waals surface area contributed by atoms with Gasteiger partial charge in [-0.2, -0.15) is 0 Å². The Labute approximate surface area is 259 Å².